The fourth-order valence-corrected chi connectivity index (χ4v) is 8.95. The van der Waals surface area contributed by atoms with E-state index in [4.69, 9.17) is 0 Å². The van der Waals surface area contributed by atoms with E-state index >= 15 is 0 Å². The predicted molar refractivity (Wildman–Crippen MR) is 273 cm³/mol. The van der Waals surface area contributed by atoms with Crippen LogP contribution in [0, 0.1) is 6.92 Å². The SMILES string of the molecule is CC1=CCC=CC=C1.Cc1ccc(N(c2ccc(-c3c4ccccc4c(-c4ccc(Nc5cccc6ccccc56)cc4)c4ccccc34)cc2)c2cccc3ccccc23)cc1. The number of aryl methyl sites for hydroxylation is 1. The van der Waals surface area contributed by atoms with Gasteiger partial charge in [-0.25, -0.2) is 0 Å². The summed E-state index contributed by atoms with van der Waals surface area (Å²) in [5.74, 6) is 0. The first-order valence-electron chi connectivity index (χ1n) is 21.8. The average molecular weight is 809 g/mol. The highest BCUT2D eigenvalue weighted by atomic mass is 15.1. The number of rotatable bonds is 7. The molecule has 11 rings (SSSR count). The first kappa shape index (κ1) is 39.2. The van der Waals surface area contributed by atoms with Gasteiger partial charge in [-0.05, 0) is 123 Å². The minimum Gasteiger partial charge on any atom is -0.355 e. The molecule has 0 saturated heterocycles. The van der Waals surface area contributed by atoms with Crippen LogP contribution in [0.1, 0.15) is 18.9 Å². The van der Waals surface area contributed by atoms with Gasteiger partial charge in [-0.2, -0.15) is 0 Å². The van der Waals surface area contributed by atoms with Gasteiger partial charge in [-0.3, -0.25) is 0 Å². The highest BCUT2D eigenvalue weighted by molar-refractivity contribution is 6.21. The molecular formula is C61H48N2. The molecule has 1 aliphatic carbocycles. The van der Waals surface area contributed by atoms with Crippen LogP contribution in [0.25, 0.3) is 65.3 Å². The van der Waals surface area contributed by atoms with Gasteiger partial charge >= 0.3 is 0 Å². The molecule has 0 atom stereocenters. The van der Waals surface area contributed by atoms with Gasteiger partial charge in [0.05, 0.1) is 5.69 Å². The third kappa shape index (κ3) is 8.03. The Morgan fingerprint density at radius 3 is 1.49 bits per heavy atom. The van der Waals surface area contributed by atoms with Crippen molar-refractivity contribution in [2.24, 2.45) is 0 Å². The van der Waals surface area contributed by atoms with Gasteiger partial charge in [0.1, 0.15) is 0 Å². The summed E-state index contributed by atoms with van der Waals surface area (Å²) < 4.78 is 0. The number of allylic oxidation sites excluding steroid dienone is 6. The van der Waals surface area contributed by atoms with Crippen LogP contribution in [0.5, 0.6) is 0 Å². The summed E-state index contributed by atoms with van der Waals surface area (Å²) in [6.07, 6.45) is 11.7. The van der Waals surface area contributed by atoms with Crippen molar-refractivity contribution in [3.05, 3.63) is 248 Å². The number of hydrogen-bond acceptors (Lipinski definition) is 2. The second-order valence-corrected chi connectivity index (χ2v) is 16.3. The number of anilines is 5. The summed E-state index contributed by atoms with van der Waals surface area (Å²) in [7, 11) is 0. The van der Waals surface area contributed by atoms with E-state index in [0.29, 0.717) is 0 Å². The molecule has 63 heavy (non-hydrogen) atoms. The molecule has 1 N–H and O–H groups in total. The smallest absolute Gasteiger partial charge is 0.0540 e. The molecule has 0 unspecified atom stereocenters. The zero-order valence-corrected chi connectivity index (χ0v) is 35.7. The van der Waals surface area contributed by atoms with Crippen LogP contribution < -0.4 is 10.2 Å². The second-order valence-electron chi connectivity index (χ2n) is 16.3. The molecule has 0 aromatic heterocycles. The van der Waals surface area contributed by atoms with Crippen molar-refractivity contribution in [2.45, 2.75) is 20.3 Å². The zero-order valence-electron chi connectivity index (χ0n) is 35.7. The summed E-state index contributed by atoms with van der Waals surface area (Å²) in [4.78, 5) is 2.38. The van der Waals surface area contributed by atoms with Gasteiger partial charge in [-0.1, -0.05) is 199 Å². The van der Waals surface area contributed by atoms with Gasteiger partial charge in [0.2, 0.25) is 0 Å². The average Bonchev–Trinajstić information content (AvgIpc) is 3.59. The minimum absolute atomic E-state index is 1.06. The zero-order chi connectivity index (χ0) is 42.5. The molecule has 2 heteroatoms. The standard InChI is InChI=1S/C53H38N2.C8H10/c1-36-24-32-42(33-25-36)55(51-23-11-15-38-13-3-5-17-45(38)51)43-34-28-40(29-35-43)53-48-20-8-6-18-46(48)52(47-19-7-9-21-49(47)53)39-26-30-41(31-27-39)54-50-22-10-14-37-12-2-4-16-44(37)50;1-8-6-4-2-3-5-7-8/h2-35,54H,1H3;2-4,6-7H,5H2,1H3. The van der Waals surface area contributed by atoms with Crippen molar-refractivity contribution in [1.82, 2.24) is 0 Å². The Hall–Kier alpha value is -7.94. The number of fused-ring (bicyclic) bond motifs is 4. The molecule has 0 saturated carbocycles. The molecule has 0 fully saturated rings. The molecule has 0 heterocycles. The van der Waals surface area contributed by atoms with Crippen molar-refractivity contribution in [3.8, 4) is 22.3 Å². The van der Waals surface area contributed by atoms with Crippen molar-refractivity contribution in [2.75, 3.05) is 10.2 Å². The number of hydrogen-bond donors (Lipinski definition) is 1. The van der Waals surface area contributed by atoms with Gasteiger partial charge in [0, 0.05) is 33.5 Å². The predicted octanol–water partition coefficient (Wildman–Crippen LogP) is 17.6. The Bertz CT molecular complexity index is 3260. The monoisotopic (exact) mass is 808 g/mol. The highest BCUT2D eigenvalue weighted by Gasteiger charge is 2.19. The molecule has 10 aromatic carbocycles. The maximum Gasteiger partial charge on any atom is 0.0540 e. The van der Waals surface area contributed by atoms with Crippen molar-refractivity contribution in [3.63, 3.8) is 0 Å². The van der Waals surface area contributed by atoms with Gasteiger partial charge in [0.25, 0.3) is 0 Å². The van der Waals surface area contributed by atoms with Crippen LogP contribution in [0.3, 0.4) is 0 Å². The van der Waals surface area contributed by atoms with E-state index in [9.17, 15) is 0 Å². The Morgan fingerprint density at radius 2 is 0.889 bits per heavy atom. The summed E-state index contributed by atoms with van der Waals surface area (Å²) in [6, 6.07) is 74.7. The van der Waals surface area contributed by atoms with Crippen molar-refractivity contribution < 1.29 is 0 Å². The molecule has 1 aliphatic rings. The topological polar surface area (TPSA) is 15.3 Å². The summed E-state index contributed by atoms with van der Waals surface area (Å²) in [5, 5.41) is 13.5. The Labute approximate surface area is 370 Å². The number of nitrogens with zero attached hydrogens (tertiary/aromatic N) is 1. The molecule has 0 radical (unpaired) electrons. The fourth-order valence-electron chi connectivity index (χ4n) is 8.95. The van der Waals surface area contributed by atoms with Crippen LogP contribution in [-0.2, 0) is 0 Å². The maximum absolute atomic E-state index is 3.67. The second kappa shape index (κ2) is 17.6. The summed E-state index contributed by atoms with van der Waals surface area (Å²) >= 11 is 0. The number of benzene rings is 10. The fraction of sp³-hybridized carbons (Fsp3) is 0.0492. The van der Waals surface area contributed by atoms with E-state index in [1.807, 2.05) is 0 Å². The molecule has 0 amide bonds. The van der Waals surface area contributed by atoms with Gasteiger partial charge in [0.15, 0.2) is 0 Å². The van der Waals surface area contributed by atoms with Crippen molar-refractivity contribution >= 4 is 71.5 Å². The molecule has 10 aromatic rings. The first-order chi connectivity index (χ1) is 31.1. The van der Waals surface area contributed by atoms with E-state index in [1.54, 1.807) is 0 Å². The largest absolute Gasteiger partial charge is 0.355 e. The van der Waals surface area contributed by atoms with Gasteiger partial charge in [-0.15, -0.1) is 0 Å². The Morgan fingerprint density at radius 1 is 0.413 bits per heavy atom. The lowest BCUT2D eigenvalue weighted by Gasteiger charge is -2.27. The Kier molecular flexibility index (Phi) is 10.9. The third-order valence-corrected chi connectivity index (χ3v) is 12.1. The lowest BCUT2D eigenvalue weighted by molar-refractivity contribution is 1.29. The van der Waals surface area contributed by atoms with Crippen molar-refractivity contribution in [1.29, 1.82) is 0 Å². The molecule has 0 bridgehead atoms. The highest BCUT2D eigenvalue weighted by Crippen LogP contribution is 2.45. The Balaban J connectivity index is 0.000000533. The summed E-state index contributed by atoms with van der Waals surface area (Å²) in [5.41, 5.74) is 13.1. The lowest BCUT2D eigenvalue weighted by atomic mass is 9.86. The van der Waals surface area contributed by atoms with E-state index in [1.165, 1.54) is 76.5 Å². The molecular weight excluding hydrogens is 761 g/mol. The van der Waals surface area contributed by atoms with E-state index in [-0.39, 0.29) is 0 Å². The van der Waals surface area contributed by atoms with Crippen LogP contribution >= 0.6 is 0 Å². The maximum atomic E-state index is 3.67. The van der Waals surface area contributed by atoms with Gasteiger partial charge < -0.3 is 10.2 Å². The minimum atomic E-state index is 1.06. The molecule has 2 nitrogen and oxygen atoms in total. The van der Waals surface area contributed by atoms with Crippen LogP contribution in [0.4, 0.5) is 28.4 Å². The summed E-state index contributed by atoms with van der Waals surface area (Å²) in [6.45, 7) is 4.25. The van der Waals surface area contributed by atoms with Crippen LogP contribution in [-0.4, -0.2) is 0 Å². The molecule has 0 aliphatic heterocycles. The first-order valence-corrected chi connectivity index (χ1v) is 21.8. The van der Waals surface area contributed by atoms with Crippen LogP contribution in [0.2, 0.25) is 0 Å². The quantitative estimate of drug-likeness (QED) is 0.161. The molecule has 0 spiro atoms. The normalized spacial score (nSPS) is 12.2. The van der Waals surface area contributed by atoms with Crippen LogP contribution in [0.15, 0.2) is 242 Å². The number of nitrogens with one attached hydrogen (secondary N) is 1. The third-order valence-electron chi connectivity index (χ3n) is 12.1. The molecule has 302 valence electrons. The lowest BCUT2D eigenvalue weighted by Crippen LogP contribution is -2.10. The van der Waals surface area contributed by atoms with E-state index < -0.39 is 0 Å². The van der Waals surface area contributed by atoms with E-state index in [2.05, 4.69) is 261 Å². The van der Waals surface area contributed by atoms with E-state index in [0.717, 1.165) is 34.9 Å².